The Morgan fingerprint density at radius 3 is 0.888 bits per heavy atom. The van der Waals surface area contributed by atoms with Crippen molar-refractivity contribution in [1.29, 1.82) is 0 Å². The maximum atomic E-state index is 13.6. The topological polar surface area (TPSA) is 330 Å². The second-order valence-electron chi connectivity index (χ2n) is 36.4. The molecule has 10 fully saturated rings. The van der Waals surface area contributed by atoms with Gasteiger partial charge in [-0.15, -0.1) is 0 Å². The van der Waals surface area contributed by atoms with Gasteiger partial charge in [0.05, 0.1) is 231 Å². The fourth-order valence-corrected chi connectivity index (χ4v) is 14.6. The van der Waals surface area contributed by atoms with Crippen molar-refractivity contribution in [3.05, 3.63) is 129 Å². The molecule has 1 N–H and O–H groups in total. The zero-order chi connectivity index (χ0) is 88.9. The number of hydrogen-bond acceptors (Lipinski definition) is 29. The van der Waals surface area contributed by atoms with Gasteiger partial charge in [0.2, 0.25) is 6.40 Å². The summed E-state index contributed by atoms with van der Waals surface area (Å²) in [5, 5.41) is 2.79. The van der Waals surface area contributed by atoms with E-state index in [1.807, 2.05) is 88.4 Å². The lowest BCUT2D eigenvalue weighted by atomic mass is 9.84. The number of esters is 5. The van der Waals surface area contributed by atoms with Crippen molar-refractivity contribution in [2.45, 2.75) is 146 Å². The van der Waals surface area contributed by atoms with E-state index < -0.39 is 30.0 Å². The van der Waals surface area contributed by atoms with Crippen LogP contribution in [-0.2, 0) is 118 Å². The van der Waals surface area contributed by atoms with Gasteiger partial charge in [0.1, 0.15) is 52.9 Å². The molecular weight excluding hydrogens is 1620 g/mol. The predicted octanol–water partition coefficient (Wildman–Crippen LogP) is 14.3. The molecule has 0 unspecified atom stereocenters. The second-order valence-corrected chi connectivity index (χ2v) is 36.4. The molecule has 0 bridgehead atoms. The standard InChI is InChI=1S/C34H46O12.C27H34N2O6.C20H28O6.C14H26O4/c1-5-31(11-39-12-31)19-43-27(35)23-9-25(29(37)45-21-33(7-3)15-41-16-33)26(30(38)46-22-34(8-4)17-42-18-34)10-24(23)28(36)44-20-32(6-2)13-40-14-32;1-3-26(14-31-15-26)18-33-25(30)29-24-11-7-22(8-12-24)13-21-5-9-23(10-6-21)28-20-35-34-19-27(4-2)16-32-17-27;1-3-19(10-22-11-19)14-24-18(21)17-7-5-16(6-8-17)9-25-26-15-20(4-2)12-23-13-20;1-3-13(9-17-10-13)7-15-5-6-16-8-14(4-2)11-18-12-14/h9-10H,5-8,11-22H2,1-4H3;5-12,20H,3-4,13-19H2,1-2H3,(H,29,30);5-8H,3-4,9-15H2,1-2H3;3-12H2,1-2H3. The van der Waals surface area contributed by atoms with Crippen LogP contribution < -0.4 is 5.32 Å². The molecule has 30 nitrogen and oxygen atoms in total. The summed E-state index contributed by atoms with van der Waals surface area (Å²) < 4.78 is 98.0. The number of carbonyl (C=O) groups excluding carboxylic acids is 6. The van der Waals surface area contributed by atoms with Crippen LogP contribution in [0.3, 0.4) is 0 Å². The van der Waals surface area contributed by atoms with E-state index in [1.54, 1.807) is 12.1 Å². The van der Waals surface area contributed by atoms with Crippen LogP contribution in [-0.4, -0.2) is 254 Å². The van der Waals surface area contributed by atoms with Crippen molar-refractivity contribution in [1.82, 2.24) is 0 Å². The maximum absolute atomic E-state index is 13.6. The van der Waals surface area contributed by atoms with Gasteiger partial charge in [-0.1, -0.05) is 106 Å². The van der Waals surface area contributed by atoms with Crippen LogP contribution in [0.5, 0.6) is 0 Å². The van der Waals surface area contributed by atoms with Crippen LogP contribution >= 0.6 is 0 Å². The number of aliphatic imine (C=N–C) groups is 1. The SMILES string of the molecule is CCC1(COC(=O)c2cc(C(=O)OCC3(CC)COC3)c(C(=O)OCC3(CC)COC3)cc2C(=O)OCC2(CC)COC2)COC1.CCC1(COCCOCC2(CC)COC2)COC1.CCC1(COOC=Nc2ccc(Cc3ccc(NC(=O)OCC4(CC)COC4)cc3)cc2)COC1.CCC1(COOCc2ccc(C(=O)OCC3(CC)COC3)cc2)COC1. The summed E-state index contributed by atoms with van der Waals surface area (Å²) in [5.74, 6) is -3.61. The van der Waals surface area contributed by atoms with Crippen LogP contribution in [0, 0.1) is 54.1 Å². The molecule has 0 spiro atoms. The molecule has 30 heteroatoms. The number of anilines is 1. The Balaban J connectivity index is 0.000000170. The Morgan fingerprint density at radius 2 is 0.584 bits per heavy atom. The highest BCUT2D eigenvalue weighted by Gasteiger charge is 2.47. The molecule has 4 aromatic carbocycles. The molecule has 4 aromatic rings. The van der Waals surface area contributed by atoms with Crippen molar-refractivity contribution in [3.8, 4) is 0 Å². The summed E-state index contributed by atoms with van der Waals surface area (Å²) in [7, 11) is 0. The Hall–Kier alpha value is -7.63. The van der Waals surface area contributed by atoms with Gasteiger partial charge in [-0.2, -0.15) is 4.89 Å². The molecule has 10 aliphatic rings. The van der Waals surface area contributed by atoms with Crippen LogP contribution in [0.2, 0.25) is 0 Å². The number of ether oxygens (including phenoxy) is 18. The van der Waals surface area contributed by atoms with Gasteiger partial charge in [-0.3, -0.25) is 5.32 Å². The van der Waals surface area contributed by atoms with E-state index in [0.29, 0.717) is 150 Å². The highest BCUT2D eigenvalue weighted by molar-refractivity contribution is 6.10. The largest absolute Gasteiger partial charge is 0.461 e. The van der Waals surface area contributed by atoms with E-state index in [4.69, 9.17) is 105 Å². The Kier molecular flexibility index (Phi) is 36.1. The minimum Gasteiger partial charge on any atom is -0.461 e. The number of nitrogens with one attached hydrogen (secondary N) is 1. The molecule has 0 radical (unpaired) electrons. The maximum Gasteiger partial charge on any atom is 0.411 e. The van der Waals surface area contributed by atoms with Crippen molar-refractivity contribution >= 4 is 53.7 Å². The molecule has 0 saturated carbocycles. The predicted molar refractivity (Wildman–Crippen MR) is 458 cm³/mol. The van der Waals surface area contributed by atoms with Crippen molar-refractivity contribution in [3.63, 3.8) is 0 Å². The molecule has 0 atom stereocenters. The Bertz CT molecular complexity index is 3820. The van der Waals surface area contributed by atoms with Gasteiger partial charge in [0.25, 0.3) is 0 Å². The first-order valence-electron chi connectivity index (χ1n) is 44.7. The van der Waals surface area contributed by atoms with Gasteiger partial charge < -0.3 is 90.2 Å². The van der Waals surface area contributed by atoms with Gasteiger partial charge >= 0.3 is 35.9 Å². The summed E-state index contributed by atoms with van der Waals surface area (Å²) in [5.41, 5.74) is 3.90. The molecule has 10 saturated heterocycles. The number of benzene rings is 4. The molecule has 1 amide bonds. The first-order valence-corrected chi connectivity index (χ1v) is 44.7. The van der Waals surface area contributed by atoms with E-state index in [2.05, 4.69) is 51.9 Å². The van der Waals surface area contributed by atoms with E-state index in [0.717, 1.165) is 146 Å². The number of amides is 1. The monoisotopic (exact) mass is 1750 g/mol. The molecule has 14 rings (SSSR count). The molecule has 0 aromatic heterocycles. The first-order chi connectivity index (χ1) is 60.4. The third kappa shape index (κ3) is 26.3. The quantitative estimate of drug-likeness (QED) is 0.00816. The fourth-order valence-electron chi connectivity index (χ4n) is 14.6. The van der Waals surface area contributed by atoms with Crippen molar-refractivity contribution in [2.24, 2.45) is 59.1 Å². The molecule has 0 aliphatic carbocycles. The summed E-state index contributed by atoms with van der Waals surface area (Å²) in [6, 6.07) is 25.3. The number of hydrogen-bond donors (Lipinski definition) is 1. The molecule has 10 heterocycles. The van der Waals surface area contributed by atoms with E-state index >= 15 is 0 Å². The van der Waals surface area contributed by atoms with Gasteiger partial charge in [-0.05, 0) is 136 Å². The average Bonchev–Trinajstić information content (AvgIpc) is 0.770. The minimum absolute atomic E-state index is 0.00209. The third-order valence-electron chi connectivity index (χ3n) is 27.0. The smallest absolute Gasteiger partial charge is 0.411 e. The minimum atomic E-state index is -0.827. The van der Waals surface area contributed by atoms with E-state index in [9.17, 15) is 28.8 Å². The Morgan fingerprint density at radius 1 is 0.312 bits per heavy atom. The fraction of sp³-hybridized carbons (Fsp3) is 0.674. The lowest BCUT2D eigenvalue weighted by Crippen LogP contribution is -2.46. The van der Waals surface area contributed by atoms with Gasteiger partial charge in [0.15, 0.2) is 0 Å². The summed E-state index contributed by atoms with van der Waals surface area (Å²) in [4.78, 5) is 104. The van der Waals surface area contributed by atoms with Crippen LogP contribution in [0.4, 0.5) is 16.2 Å². The zero-order valence-electron chi connectivity index (χ0n) is 75.2. The average molecular weight is 1750 g/mol. The van der Waals surface area contributed by atoms with E-state index in [1.165, 1.54) is 18.5 Å². The molecule has 125 heavy (non-hydrogen) atoms. The number of carbonyl (C=O) groups is 6. The molecule has 692 valence electrons. The van der Waals surface area contributed by atoms with Gasteiger partial charge in [-0.25, -0.2) is 43.5 Å². The summed E-state index contributed by atoms with van der Waals surface area (Å²) >= 11 is 0. The summed E-state index contributed by atoms with van der Waals surface area (Å²) in [6.07, 6.45) is 10.7. The lowest BCUT2D eigenvalue weighted by Gasteiger charge is -2.41. The first kappa shape index (κ1) is 98.0. The zero-order valence-corrected chi connectivity index (χ0v) is 75.2. The highest BCUT2D eigenvalue weighted by atomic mass is 17.2. The third-order valence-corrected chi connectivity index (χ3v) is 27.0. The van der Waals surface area contributed by atoms with Crippen LogP contribution in [0.1, 0.15) is 202 Å². The highest BCUT2D eigenvalue weighted by Crippen LogP contribution is 2.41. The second kappa shape index (κ2) is 46.1. The normalized spacial score (nSPS) is 20.5. The summed E-state index contributed by atoms with van der Waals surface area (Å²) in [6.45, 7) is 38.6. The van der Waals surface area contributed by atoms with Crippen molar-refractivity contribution < 1.29 is 134 Å². The molecule has 10 aliphatic heterocycles. The van der Waals surface area contributed by atoms with Gasteiger partial charge in [0, 0.05) is 27.3 Å². The Labute approximate surface area is 735 Å². The number of rotatable bonds is 47. The van der Waals surface area contributed by atoms with Crippen LogP contribution in [0.25, 0.3) is 0 Å². The lowest BCUT2D eigenvalue weighted by molar-refractivity contribution is -0.335. The van der Waals surface area contributed by atoms with Crippen LogP contribution in [0.15, 0.2) is 89.9 Å². The number of nitrogens with zero attached hydrogens (tertiary/aromatic N) is 1. The molecular formula is C95H134N2O28. The van der Waals surface area contributed by atoms with E-state index in [-0.39, 0.29) is 109 Å². The van der Waals surface area contributed by atoms with Crippen molar-refractivity contribution in [2.75, 3.05) is 217 Å².